The molecule has 0 fully saturated rings. The lowest BCUT2D eigenvalue weighted by Gasteiger charge is -2.08. The molecule has 4 heteroatoms. The molecule has 3 rings (SSSR count). The van der Waals surface area contributed by atoms with Crippen LogP contribution in [0.15, 0.2) is 42.5 Å². The molecular weight excluding hydrogens is 314 g/mol. The maximum atomic E-state index is 13.0. The van der Waals surface area contributed by atoms with Gasteiger partial charge < -0.3 is 9.53 Å². The smallest absolute Gasteiger partial charge is 0.262 e. The highest BCUT2D eigenvalue weighted by Crippen LogP contribution is 2.30. The van der Waals surface area contributed by atoms with Crippen LogP contribution in [0.2, 0.25) is 0 Å². The first kappa shape index (κ1) is 18.5. The minimum absolute atomic E-state index is 0.0115. The van der Waals surface area contributed by atoms with Gasteiger partial charge in [-0.2, -0.15) is 0 Å². The van der Waals surface area contributed by atoms with Gasteiger partial charge in [0.1, 0.15) is 12.5 Å². The summed E-state index contributed by atoms with van der Waals surface area (Å²) in [6.45, 7) is 8.14. The lowest BCUT2D eigenvalue weighted by Crippen LogP contribution is -2.13. The lowest BCUT2D eigenvalue weighted by molar-refractivity contribution is -0.0980. The van der Waals surface area contributed by atoms with Crippen molar-refractivity contribution in [3.63, 3.8) is 0 Å². The molecule has 0 aliphatic heterocycles. The summed E-state index contributed by atoms with van der Waals surface area (Å²) in [6.07, 6.45) is 0.879. The zero-order chi connectivity index (χ0) is 18.6. The summed E-state index contributed by atoms with van der Waals surface area (Å²) >= 11 is 0. The van der Waals surface area contributed by atoms with Crippen LogP contribution in [0.5, 0.6) is 5.75 Å². The quantitative estimate of drug-likeness (QED) is 0.714. The van der Waals surface area contributed by atoms with Crippen LogP contribution in [0.4, 0.5) is 0 Å². The van der Waals surface area contributed by atoms with Gasteiger partial charge in [0.15, 0.2) is 0 Å². The Kier molecular flexibility index (Phi) is 5.75. The zero-order valence-corrected chi connectivity index (χ0v) is 15.1. The Labute approximate surface area is 148 Å². The second-order valence-electron chi connectivity index (χ2n) is 5.81. The number of methoxy groups -OCH3 is 1. The summed E-state index contributed by atoms with van der Waals surface area (Å²) < 4.78 is 7.15. The van der Waals surface area contributed by atoms with E-state index in [-0.39, 0.29) is 5.91 Å². The van der Waals surface area contributed by atoms with Crippen molar-refractivity contribution in [2.75, 3.05) is 7.11 Å². The van der Waals surface area contributed by atoms with Crippen molar-refractivity contribution < 1.29 is 14.3 Å². The van der Waals surface area contributed by atoms with Crippen LogP contribution >= 0.6 is 0 Å². The molecule has 2 aromatic carbocycles. The molecule has 0 radical (unpaired) electrons. The molecule has 0 saturated carbocycles. The fourth-order valence-electron chi connectivity index (χ4n) is 3.12. The van der Waals surface area contributed by atoms with Crippen LogP contribution in [0, 0.1) is 13.8 Å². The standard InChI is InChI=1S/C20H21NO2.CH2O/c1-5-17-14(3)21(19-11-10-16(23-4)12-18(17)19)20(22)15-8-6-13(2)7-9-15;1-2/h6-12H,5H2,1-4H3;1H2. The predicted molar refractivity (Wildman–Crippen MR) is 101 cm³/mol. The van der Waals surface area contributed by atoms with Crippen molar-refractivity contribution in [3.05, 3.63) is 64.8 Å². The summed E-state index contributed by atoms with van der Waals surface area (Å²) in [5, 5.41) is 1.09. The van der Waals surface area contributed by atoms with E-state index in [4.69, 9.17) is 9.53 Å². The van der Waals surface area contributed by atoms with Crippen LogP contribution < -0.4 is 4.74 Å². The average molecular weight is 337 g/mol. The van der Waals surface area contributed by atoms with Gasteiger partial charge in [-0.1, -0.05) is 24.6 Å². The van der Waals surface area contributed by atoms with Gasteiger partial charge in [-0.25, -0.2) is 0 Å². The predicted octanol–water partition coefficient (Wildman–Crippen LogP) is 4.33. The number of ether oxygens (including phenoxy) is 1. The van der Waals surface area contributed by atoms with Crippen molar-refractivity contribution in [1.82, 2.24) is 4.57 Å². The van der Waals surface area contributed by atoms with Gasteiger partial charge in [0.05, 0.1) is 12.6 Å². The zero-order valence-electron chi connectivity index (χ0n) is 15.1. The summed E-state index contributed by atoms with van der Waals surface area (Å²) in [6, 6.07) is 13.6. The van der Waals surface area contributed by atoms with E-state index in [1.54, 1.807) is 7.11 Å². The number of carbonyl (C=O) groups excluding carboxylic acids is 2. The minimum Gasteiger partial charge on any atom is -0.497 e. The van der Waals surface area contributed by atoms with E-state index in [2.05, 4.69) is 6.92 Å². The third-order valence-electron chi connectivity index (χ3n) is 4.40. The van der Waals surface area contributed by atoms with E-state index in [1.165, 1.54) is 5.56 Å². The van der Waals surface area contributed by atoms with Gasteiger partial charge in [-0.3, -0.25) is 9.36 Å². The molecule has 1 aromatic heterocycles. The first-order chi connectivity index (χ1) is 12.1. The summed E-state index contributed by atoms with van der Waals surface area (Å²) in [4.78, 5) is 21.0. The SMILES string of the molecule is C=O.CCc1c(C)n(C(=O)c2ccc(C)cc2)c2ccc(OC)cc12. The lowest BCUT2D eigenvalue weighted by atomic mass is 10.1. The molecule has 0 atom stereocenters. The first-order valence-corrected chi connectivity index (χ1v) is 8.15. The second kappa shape index (κ2) is 7.79. The Morgan fingerprint density at radius 2 is 1.72 bits per heavy atom. The molecule has 3 aromatic rings. The molecule has 0 N–H and O–H groups in total. The monoisotopic (exact) mass is 337 g/mol. The number of hydrogen-bond donors (Lipinski definition) is 0. The molecule has 0 aliphatic rings. The van der Waals surface area contributed by atoms with Crippen molar-refractivity contribution >= 4 is 23.6 Å². The van der Waals surface area contributed by atoms with Crippen molar-refractivity contribution in [2.45, 2.75) is 27.2 Å². The van der Waals surface area contributed by atoms with Gasteiger partial charge >= 0.3 is 0 Å². The summed E-state index contributed by atoms with van der Waals surface area (Å²) in [5.74, 6) is 0.824. The van der Waals surface area contributed by atoms with Crippen LogP contribution in [0.1, 0.15) is 34.1 Å². The molecule has 0 unspecified atom stereocenters. The molecule has 0 spiro atoms. The number of aryl methyl sites for hydroxylation is 2. The highest BCUT2D eigenvalue weighted by Gasteiger charge is 2.19. The number of benzene rings is 2. The minimum atomic E-state index is 0.0115. The van der Waals surface area contributed by atoms with Gasteiger partial charge in [0, 0.05) is 16.6 Å². The maximum absolute atomic E-state index is 13.0. The number of fused-ring (bicyclic) bond motifs is 1. The Hall–Kier alpha value is -2.88. The number of aromatic nitrogens is 1. The van der Waals surface area contributed by atoms with E-state index in [0.717, 1.165) is 34.3 Å². The van der Waals surface area contributed by atoms with Crippen molar-refractivity contribution in [3.8, 4) is 5.75 Å². The second-order valence-corrected chi connectivity index (χ2v) is 5.81. The number of hydrogen-bond acceptors (Lipinski definition) is 3. The van der Waals surface area contributed by atoms with E-state index >= 15 is 0 Å². The van der Waals surface area contributed by atoms with Gasteiger partial charge in [0.2, 0.25) is 0 Å². The molecule has 0 amide bonds. The molecule has 1 heterocycles. The van der Waals surface area contributed by atoms with E-state index in [0.29, 0.717) is 5.56 Å². The number of carbonyl (C=O) groups is 2. The maximum Gasteiger partial charge on any atom is 0.262 e. The van der Waals surface area contributed by atoms with Crippen LogP contribution in [0.3, 0.4) is 0 Å². The Bertz CT molecular complexity index is 892. The molecule has 0 saturated heterocycles. The number of nitrogens with zero attached hydrogens (tertiary/aromatic N) is 1. The highest BCUT2D eigenvalue weighted by atomic mass is 16.5. The normalized spacial score (nSPS) is 10.2. The Balaban J connectivity index is 0.00000109. The van der Waals surface area contributed by atoms with E-state index < -0.39 is 0 Å². The first-order valence-electron chi connectivity index (χ1n) is 8.15. The van der Waals surface area contributed by atoms with Crippen molar-refractivity contribution in [1.29, 1.82) is 0 Å². The Morgan fingerprint density at radius 1 is 1.08 bits per heavy atom. The van der Waals surface area contributed by atoms with Crippen LogP contribution in [-0.4, -0.2) is 24.4 Å². The highest BCUT2D eigenvalue weighted by molar-refractivity contribution is 6.04. The molecule has 0 aliphatic carbocycles. The van der Waals surface area contributed by atoms with Gasteiger partial charge in [-0.05, 0) is 56.2 Å². The molecule has 0 bridgehead atoms. The van der Waals surface area contributed by atoms with Gasteiger partial charge in [-0.15, -0.1) is 0 Å². The summed E-state index contributed by atoms with van der Waals surface area (Å²) in [5.41, 5.74) is 4.98. The average Bonchev–Trinajstić information content (AvgIpc) is 2.93. The third-order valence-corrected chi connectivity index (χ3v) is 4.40. The van der Waals surface area contributed by atoms with E-state index in [1.807, 2.05) is 67.7 Å². The molecule has 25 heavy (non-hydrogen) atoms. The largest absolute Gasteiger partial charge is 0.497 e. The van der Waals surface area contributed by atoms with Crippen LogP contribution in [-0.2, 0) is 11.2 Å². The van der Waals surface area contributed by atoms with Crippen LogP contribution in [0.25, 0.3) is 10.9 Å². The van der Waals surface area contributed by atoms with Gasteiger partial charge in [0.25, 0.3) is 5.91 Å². The Morgan fingerprint density at radius 3 is 2.28 bits per heavy atom. The summed E-state index contributed by atoms with van der Waals surface area (Å²) in [7, 11) is 1.66. The van der Waals surface area contributed by atoms with Crippen molar-refractivity contribution in [2.24, 2.45) is 0 Å². The third kappa shape index (κ3) is 3.33. The fraction of sp³-hybridized carbons (Fsp3) is 0.238. The number of rotatable bonds is 3. The molecule has 130 valence electrons. The topological polar surface area (TPSA) is 48.3 Å². The molecule has 4 nitrogen and oxygen atoms in total. The molecular formula is C21H23NO3. The van der Waals surface area contributed by atoms with E-state index in [9.17, 15) is 4.79 Å². The fourth-order valence-corrected chi connectivity index (χ4v) is 3.12.